The Labute approximate surface area is 111 Å². The topological polar surface area (TPSA) is 61.9 Å². The fourth-order valence-corrected chi connectivity index (χ4v) is 1.90. The third-order valence-corrected chi connectivity index (χ3v) is 3.12. The highest BCUT2D eigenvalue weighted by atomic mass is 16.6. The van der Waals surface area contributed by atoms with Gasteiger partial charge in [-0.25, -0.2) is 0 Å². The second kappa shape index (κ2) is 5.81. The fourth-order valence-electron chi connectivity index (χ4n) is 1.90. The van der Waals surface area contributed by atoms with Crippen LogP contribution in [-0.2, 0) is 21.0 Å². The molecule has 1 fully saturated rings. The van der Waals surface area contributed by atoms with Gasteiger partial charge in [-0.05, 0) is 17.7 Å². The van der Waals surface area contributed by atoms with Gasteiger partial charge < -0.3 is 9.74 Å². The molecule has 0 aliphatic carbocycles. The van der Waals surface area contributed by atoms with Gasteiger partial charge in [-0.15, -0.1) is 0 Å². The summed E-state index contributed by atoms with van der Waals surface area (Å²) in [7, 11) is 3.08. The molecule has 102 valence electrons. The van der Waals surface area contributed by atoms with Gasteiger partial charge in [-0.3, -0.25) is 14.5 Å². The Morgan fingerprint density at radius 1 is 1.16 bits per heavy atom. The number of hydrogen-bond donors (Lipinski definition) is 1. The van der Waals surface area contributed by atoms with Crippen LogP contribution in [0.3, 0.4) is 0 Å². The summed E-state index contributed by atoms with van der Waals surface area (Å²) in [6.45, 7) is 1.08. The molecule has 0 aromatic heterocycles. The number of nitrogens with one attached hydrogen (secondary N) is 1. The van der Waals surface area contributed by atoms with Gasteiger partial charge in [0.2, 0.25) is 11.8 Å². The average Bonchev–Trinajstić information content (AvgIpc) is 2.42. The number of rotatable bonds is 4. The second-order valence-corrected chi connectivity index (χ2v) is 4.39. The monoisotopic (exact) mass is 263 g/mol. The molecular formula is C13H17N3O3. The Bertz CT molecular complexity index is 455. The molecule has 0 bridgehead atoms. The molecule has 0 unspecified atom stereocenters. The Hall–Kier alpha value is -1.92. The summed E-state index contributed by atoms with van der Waals surface area (Å²) >= 11 is 0. The van der Waals surface area contributed by atoms with E-state index in [1.807, 2.05) is 24.3 Å². The Kier molecular flexibility index (Phi) is 4.13. The zero-order valence-electron chi connectivity index (χ0n) is 11.0. The summed E-state index contributed by atoms with van der Waals surface area (Å²) in [5.41, 5.74) is 4.69. The maximum atomic E-state index is 11.6. The van der Waals surface area contributed by atoms with Crippen molar-refractivity contribution in [3.05, 3.63) is 29.8 Å². The van der Waals surface area contributed by atoms with Gasteiger partial charge in [0.05, 0.1) is 20.2 Å². The second-order valence-electron chi connectivity index (χ2n) is 4.39. The highest BCUT2D eigenvalue weighted by molar-refractivity contribution is 6.02. The van der Waals surface area contributed by atoms with Crippen LogP contribution in [-0.4, -0.2) is 44.0 Å². The zero-order valence-corrected chi connectivity index (χ0v) is 11.0. The number of hydroxylamine groups is 1. The van der Waals surface area contributed by atoms with Crippen LogP contribution in [0.25, 0.3) is 0 Å². The largest absolute Gasteiger partial charge is 0.353 e. The predicted octanol–water partition coefficient (Wildman–Crippen LogP) is 0.143. The predicted molar refractivity (Wildman–Crippen MR) is 70.3 cm³/mol. The van der Waals surface area contributed by atoms with E-state index in [9.17, 15) is 9.59 Å². The highest BCUT2D eigenvalue weighted by Crippen LogP contribution is 2.17. The number of nitrogens with zero attached hydrogens (tertiary/aromatic N) is 2. The molecule has 1 aliphatic heterocycles. The van der Waals surface area contributed by atoms with Crippen LogP contribution in [0.5, 0.6) is 0 Å². The molecule has 19 heavy (non-hydrogen) atoms. The normalized spacial score (nSPS) is 16.1. The molecule has 1 saturated heterocycles. The number of anilines is 1. The van der Waals surface area contributed by atoms with Crippen molar-refractivity contribution >= 4 is 17.5 Å². The molecule has 1 aliphatic rings. The van der Waals surface area contributed by atoms with Gasteiger partial charge in [-0.1, -0.05) is 12.1 Å². The standard InChI is InChI=1S/C13H17N3O3/c1-15-12(17)8-16(9-13(15)18)11-5-3-10(4-6-11)7-14-19-2/h3-6,14H,7-9H2,1-2H3. The molecule has 0 radical (unpaired) electrons. The summed E-state index contributed by atoms with van der Waals surface area (Å²) in [6.07, 6.45) is 0. The van der Waals surface area contributed by atoms with Crippen molar-refractivity contribution in [2.45, 2.75) is 6.54 Å². The molecule has 6 nitrogen and oxygen atoms in total. The molecule has 1 aromatic rings. The third kappa shape index (κ3) is 3.10. The first-order valence-electron chi connectivity index (χ1n) is 6.01. The van der Waals surface area contributed by atoms with Gasteiger partial charge in [0.1, 0.15) is 0 Å². The first-order chi connectivity index (χ1) is 9.11. The highest BCUT2D eigenvalue weighted by Gasteiger charge is 2.27. The smallest absolute Gasteiger partial charge is 0.248 e. The molecule has 0 atom stereocenters. The fraction of sp³-hybridized carbons (Fsp3) is 0.385. The van der Waals surface area contributed by atoms with Gasteiger partial charge in [-0.2, -0.15) is 5.48 Å². The molecule has 1 heterocycles. The van der Waals surface area contributed by atoms with Crippen LogP contribution < -0.4 is 10.4 Å². The molecule has 0 spiro atoms. The molecule has 2 rings (SSSR count). The van der Waals surface area contributed by atoms with Crippen molar-refractivity contribution in [1.82, 2.24) is 10.4 Å². The van der Waals surface area contributed by atoms with Gasteiger partial charge in [0.15, 0.2) is 0 Å². The van der Waals surface area contributed by atoms with Gasteiger partial charge >= 0.3 is 0 Å². The van der Waals surface area contributed by atoms with Gasteiger partial charge in [0, 0.05) is 19.3 Å². The van der Waals surface area contributed by atoms with E-state index in [0.29, 0.717) is 6.54 Å². The minimum Gasteiger partial charge on any atom is -0.353 e. The summed E-state index contributed by atoms with van der Waals surface area (Å²) in [5, 5.41) is 0. The Morgan fingerprint density at radius 2 is 1.74 bits per heavy atom. The molecule has 1 N–H and O–H groups in total. The van der Waals surface area contributed by atoms with Crippen LogP contribution in [0, 0.1) is 0 Å². The number of likely N-dealkylation sites (N-methyl/N-ethyl adjacent to an activating group) is 1. The van der Waals surface area contributed by atoms with E-state index in [0.717, 1.165) is 11.3 Å². The number of benzene rings is 1. The lowest BCUT2D eigenvalue weighted by molar-refractivity contribution is -0.143. The number of amides is 2. The number of piperazine rings is 1. The van der Waals surface area contributed by atoms with Crippen LogP contribution in [0.1, 0.15) is 5.56 Å². The van der Waals surface area contributed by atoms with Crippen LogP contribution >= 0.6 is 0 Å². The summed E-state index contributed by atoms with van der Waals surface area (Å²) in [5.74, 6) is -0.359. The molecule has 0 saturated carbocycles. The minimum atomic E-state index is -0.179. The third-order valence-electron chi connectivity index (χ3n) is 3.12. The van der Waals surface area contributed by atoms with Gasteiger partial charge in [0.25, 0.3) is 0 Å². The van der Waals surface area contributed by atoms with E-state index in [1.54, 1.807) is 12.0 Å². The lowest BCUT2D eigenvalue weighted by Crippen LogP contribution is -2.52. The van der Waals surface area contributed by atoms with Crippen LogP contribution in [0.2, 0.25) is 0 Å². The van der Waals surface area contributed by atoms with Crippen LogP contribution in [0.15, 0.2) is 24.3 Å². The number of carbonyl (C=O) groups is 2. The Morgan fingerprint density at radius 3 is 2.26 bits per heavy atom. The van der Waals surface area contributed by atoms with Crippen molar-refractivity contribution in [1.29, 1.82) is 0 Å². The van der Waals surface area contributed by atoms with Crippen molar-refractivity contribution < 1.29 is 14.4 Å². The first kappa shape index (κ1) is 13.5. The Balaban J connectivity index is 2.06. The van der Waals surface area contributed by atoms with Crippen molar-refractivity contribution in [3.8, 4) is 0 Å². The lowest BCUT2D eigenvalue weighted by atomic mass is 10.2. The van der Waals surface area contributed by atoms with E-state index < -0.39 is 0 Å². The maximum absolute atomic E-state index is 11.6. The van der Waals surface area contributed by atoms with E-state index in [2.05, 4.69) is 5.48 Å². The molecule has 2 amide bonds. The van der Waals surface area contributed by atoms with E-state index >= 15 is 0 Å². The van der Waals surface area contributed by atoms with Crippen molar-refractivity contribution in [2.24, 2.45) is 0 Å². The van der Waals surface area contributed by atoms with E-state index in [4.69, 9.17) is 4.84 Å². The average molecular weight is 263 g/mol. The minimum absolute atomic E-state index is 0.179. The molecule has 6 heteroatoms. The summed E-state index contributed by atoms with van der Waals surface area (Å²) in [6, 6.07) is 7.68. The quantitative estimate of drug-likeness (QED) is 0.618. The first-order valence-corrected chi connectivity index (χ1v) is 6.01. The summed E-state index contributed by atoms with van der Waals surface area (Å²) < 4.78 is 0. The zero-order chi connectivity index (χ0) is 13.8. The maximum Gasteiger partial charge on any atom is 0.248 e. The lowest BCUT2D eigenvalue weighted by Gasteiger charge is -2.32. The molecule has 1 aromatic carbocycles. The molecular weight excluding hydrogens is 246 g/mol. The van der Waals surface area contributed by atoms with Crippen molar-refractivity contribution in [2.75, 3.05) is 32.1 Å². The van der Waals surface area contributed by atoms with Crippen LogP contribution in [0.4, 0.5) is 5.69 Å². The van der Waals surface area contributed by atoms with E-state index in [-0.39, 0.29) is 24.9 Å². The SMILES string of the molecule is CONCc1ccc(N2CC(=O)N(C)C(=O)C2)cc1. The summed E-state index contributed by atoms with van der Waals surface area (Å²) in [4.78, 5) is 31.0. The number of hydrogen-bond acceptors (Lipinski definition) is 5. The number of imide groups is 1. The van der Waals surface area contributed by atoms with E-state index in [1.165, 1.54) is 11.9 Å². The number of carbonyl (C=O) groups excluding carboxylic acids is 2. The van der Waals surface area contributed by atoms with Crippen molar-refractivity contribution in [3.63, 3.8) is 0 Å².